The summed E-state index contributed by atoms with van der Waals surface area (Å²) in [6.45, 7) is 1.85. The average Bonchev–Trinajstić information content (AvgIpc) is 2.87. The van der Waals surface area contributed by atoms with Crippen LogP contribution >= 0.6 is 0 Å². The second-order valence-corrected chi connectivity index (χ2v) is 5.64. The molecule has 3 heterocycles. The lowest BCUT2D eigenvalue weighted by Crippen LogP contribution is -2.28. The SMILES string of the molecule is O=C(O)c1nc(C2CCOCC2)n2c1CC(C(=O)O)CC2. The van der Waals surface area contributed by atoms with Crippen molar-refractivity contribution in [3.63, 3.8) is 0 Å². The Hall–Kier alpha value is -1.89. The monoisotopic (exact) mass is 294 g/mol. The zero-order chi connectivity index (χ0) is 15.0. The summed E-state index contributed by atoms with van der Waals surface area (Å²) in [4.78, 5) is 26.9. The van der Waals surface area contributed by atoms with Crippen molar-refractivity contribution in [2.45, 2.75) is 38.1 Å². The predicted octanol–water partition coefficient (Wildman–Crippen LogP) is 1.12. The molecule has 0 aliphatic carbocycles. The Balaban J connectivity index is 1.98. The summed E-state index contributed by atoms with van der Waals surface area (Å²) in [5, 5.41) is 18.5. The summed E-state index contributed by atoms with van der Waals surface area (Å²) in [5.41, 5.74) is 0.574. The van der Waals surface area contributed by atoms with Crippen LogP contribution in [-0.4, -0.2) is 44.9 Å². The molecule has 114 valence electrons. The molecule has 1 aromatic rings. The molecule has 0 aromatic carbocycles. The molecule has 1 saturated heterocycles. The molecule has 21 heavy (non-hydrogen) atoms. The van der Waals surface area contributed by atoms with Gasteiger partial charge in [0.05, 0.1) is 11.6 Å². The van der Waals surface area contributed by atoms with Crippen molar-refractivity contribution >= 4 is 11.9 Å². The largest absolute Gasteiger partial charge is 0.481 e. The highest BCUT2D eigenvalue weighted by molar-refractivity contribution is 5.87. The number of aliphatic carboxylic acids is 1. The van der Waals surface area contributed by atoms with Crippen LogP contribution in [0.2, 0.25) is 0 Å². The van der Waals surface area contributed by atoms with E-state index in [4.69, 9.17) is 9.84 Å². The van der Waals surface area contributed by atoms with Gasteiger partial charge in [-0.3, -0.25) is 4.79 Å². The number of carbonyl (C=O) groups is 2. The molecule has 0 amide bonds. The molecule has 1 aromatic heterocycles. The third-order valence-electron chi connectivity index (χ3n) is 4.38. The van der Waals surface area contributed by atoms with Crippen LogP contribution < -0.4 is 0 Å². The standard InChI is InChI=1S/C14H18N2O5/c17-13(18)9-1-4-16-10(7-9)11(14(19)20)15-12(16)8-2-5-21-6-3-8/h8-9H,1-7H2,(H,17,18)(H,19,20). The summed E-state index contributed by atoms with van der Waals surface area (Å²) >= 11 is 0. The van der Waals surface area contributed by atoms with Gasteiger partial charge in [0, 0.05) is 32.1 Å². The Bertz CT molecular complexity index is 574. The van der Waals surface area contributed by atoms with Gasteiger partial charge in [-0.05, 0) is 19.3 Å². The second-order valence-electron chi connectivity index (χ2n) is 5.64. The van der Waals surface area contributed by atoms with Crippen molar-refractivity contribution in [1.29, 1.82) is 0 Å². The van der Waals surface area contributed by atoms with Crippen LogP contribution in [0.5, 0.6) is 0 Å². The highest BCUT2D eigenvalue weighted by Gasteiger charge is 2.33. The van der Waals surface area contributed by atoms with Crippen molar-refractivity contribution in [3.8, 4) is 0 Å². The summed E-state index contributed by atoms with van der Waals surface area (Å²) < 4.78 is 7.27. The van der Waals surface area contributed by atoms with Crippen LogP contribution in [0.25, 0.3) is 0 Å². The van der Waals surface area contributed by atoms with E-state index in [2.05, 4.69) is 4.98 Å². The predicted molar refractivity (Wildman–Crippen MR) is 71.4 cm³/mol. The minimum absolute atomic E-state index is 0.0161. The molecule has 1 unspecified atom stereocenters. The van der Waals surface area contributed by atoms with Gasteiger partial charge in [0.25, 0.3) is 0 Å². The molecule has 1 atom stereocenters. The van der Waals surface area contributed by atoms with E-state index in [-0.39, 0.29) is 18.0 Å². The second kappa shape index (κ2) is 5.48. The van der Waals surface area contributed by atoms with Gasteiger partial charge in [-0.1, -0.05) is 0 Å². The number of carboxylic acids is 2. The van der Waals surface area contributed by atoms with Crippen LogP contribution in [0.1, 0.15) is 47.2 Å². The van der Waals surface area contributed by atoms with E-state index in [0.717, 1.165) is 18.7 Å². The average molecular weight is 294 g/mol. The summed E-state index contributed by atoms with van der Waals surface area (Å²) in [6.07, 6.45) is 2.43. The van der Waals surface area contributed by atoms with Crippen LogP contribution in [0.4, 0.5) is 0 Å². The van der Waals surface area contributed by atoms with Crippen molar-refractivity contribution in [3.05, 3.63) is 17.2 Å². The molecule has 0 radical (unpaired) electrons. The number of rotatable bonds is 3. The normalized spacial score (nSPS) is 22.8. The number of carboxylic acid groups (broad SMARTS) is 2. The fraction of sp³-hybridized carbons (Fsp3) is 0.643. The molecule has 7 nitrogen and oxygen atoms in total. The highest BCUT2D eigenvalue weighted by Crippen LogP contribution is 2.32. The molecule has 2 N–H and O–H groups in total. The van der Waals surface area contributed by atoms with Crippen LogP contribution in [-0.2, 0) is 22.5 Å². The lowest BCUT2D eigenvalue weighted by atomic mass is 9.94. The first-order chi connectivity index (χ1) is 10.1. The highest BCUT2D eigenvalue weighted by atomic mass is 16.5. The Kier molecular flexibility index (Phi) is 3.67. The number of aromatic nitrogens is 2. The Labute approximate surface area is 121 Å². The topological polar surface area (TPSA) is 102 Å². The summed E-state index contributed by atoms with van der Waals surface area (Å²) in [6, 6.07) is 0. The van der Waals surface area contributed by atoms with Crippen LogP contribution in [0.15, 0.2) is 0 Å². The van der Waals surface area contributed by atoms with Gasteiger partial charge in [0.2, 0.25) is 0 Å². The molecule has 2 aliphatic heterocycles. The van der Waals surface area contributed by atoms with Gasteiger partial charge in [-0.15, -0.1) is 0 Å². The van der Waals surface area contributed by atoms with Gasteiger partial charge >= 0.3 is 11.9 Å². The number of fused-ring (bicyclic) bond motifs is 1. The zero-order valence-corrected chi connectivity index (χ0v) is 11.6. The van der Waals surface area contributed by atoms with Crippen molar-refractivity contribution in [2.75, 3.05) is 13.2 Å². The van der Waals surface area contributed by atoms with E-state index in [1.54, 1.807) is 0 Å². The fourth-order valence-corrected chi connectivity index (χ4v) is 3.23. The first-order valence-electron chi connectivity index (χ1n) is 7.21. The number of aromatic carboxylic acids is 1. The molecule has 2 aliphatic rings. The minimum atomic E-state index is -1.08. The van der Waals surface area contributed by atoms with Crippen molar-refractivity contribution in [2.24, 2.45) is 5.92 Å². The van der Waals surface area contributed by atoms with Gasteiger partial charge in [0.15, 0.2) is 5.69 Å². The Morgan fingerprint density at radius 2 is 1.90 bits per heavy atom. The lowest BCUT2D eigenvalue weighted by molar-refractivity contribution is -0.142. The number of hydrogen-bond acceptors (Lipinski definition) is 4. The molecule has 3 rings (SSSR count). The van der Waals surface area contributed by atoms with Gasteiger partial charge in [-0.2, -0.15) is 0 Å². The maximum Gasteiger partial charge on any atom is 0.356 e. The number of nitrogens with zero attached hydrogens (tertiary/aromatic N) is 2. The van der Waals surface area contributed by atoms with Gasteiger partial charge < -0.3 is 19.5 Å². The molecule has 0 spiro atoms. The minimum Gasteiger partial charge on any atom is -0.481 e. The van der Waals surface area contributed by atoms with E-state index in [1.807, 2.05) is 4.57 Å². The first-order valence-corrected chi connectivity index (χ1v) is 7.21. The quantitative estimate of drug-likeness (QED) is 0.866. The Morgan fingerprint density at radius 1 is 1.19 bits per heavy atom. The summed E-state index contributed by atoms with van der Waals surface area (Å²) in [5.74, 6) is -1.48. The van der Waals surface area contributed by atoms with E-state index >= 15 is 0 Å². The summed E-state index contributed by atoms with van der Waals surface area (Å²) in [7, 11) is 0. The van der Waals surface area contributed by atoms with Gasteiger partial charge in [0.1, 0.15) is 5.82 Å². The van der Waals surface area contributed by atoms with E-state index in [1.165, 1.54) is 0 Å². The van der Waals surface area contributed by atoms with Gasteiger partial charge in [-0.25, -0.2) is 9.78 Å². The number of imidazole rings is 1. The molecule has 7 heteroatoms. The third-order valence-corrected chi connectivity index (χ3v) is 4.38. The van der Waals surface area contributed by atoms with Crippen LogP contribution in [0.3, 0.4) is 0 Å². The van der Waals surface area contributed by atoms with Crippen molar-refractivity contribution in [1.82, 2.24) is 9.55 Å². The van der Waals surface area contributed by atoms with Crippen LogP contribution in [0, 0.1) is 5.92 Å². The van der Waals surface area contributed by atoms with E-state index in [0.29, 0.717) is 31.9 Å². The smallest absolute Gasteiger partial charge is 0.356 e. The van der Waals surface area contributed by atoms with E-state index in [9.17, 15) is 14.7 Å². The molecule has 0 bridgehead atoms. The molecular weight excluding hydrogens is 276 g/mol. The first kappa shape index (κ1) is 14.1. The molecular formula is C14H18N2O5. The molecule has 0 saturated carbocycles. The number of hydrogen-bond donors (Lipinski definition) is 2. The van der Waals surface area contributed by atoms with Crippen molar-refractivity contribution < 1.29 is 24.5 Å². The Morgan fingerprint density at radius 3 is 2.52 bits per heavy atom. The zero-order valence-electron chi connectivity index (χ0n) is 11.6. The fourth-order valence-electron chi connectivity index (χ4n) is 3.23. The maximum atomic E-state index is 11.4. The number of ether oxygens (including phenoxy) is 1. The lowest BCUT2D eigenvalue weighted by Gasteiger charge is -2.26. The third kappa shape index (κ3) is 2.53. The maximum absolute atomic E-state index is 11.4. The molecule has 1 fully saturated rings. The van der Waals surface area contributed by atoms with E-state index < -0.39 is 17.9 Å².